The van der Waals surface area contributed by atoms with Crippen LogP contribution in [0.2, 0.25) is 0 Å². The molecule has 1 atom stereocenters. The molecule has 0 heterocycles. The van der Waals surface area contributed by atoms with Gasteiger partial charge in [-0.05, 0) is 31.5 Å². The number of ether oxygens (including phenoxy) is 3. The van der Waals surface area contributed by atoms with Crippen LogP contribution in [0.5, 0.6) is 11.5 Å². The van der Waals surface area contributed by atoms with Gasteiger partial charge in [-0.3, -0.25) is 4.79 Å². The number of carbonyl (C=O) groups is 1. The molecular weight excluding hydrogens is 232 g/mol. The molecule has 1 aromatic carbocycles. The summed E-state index contributed by atoms with van der Waals surface area (Å²) in [4.78, 5) is 12.4. The summed E-state index contributed by atoms with van der Waals surface area (Å²) < 4.78 is 15.8. The lowest BCUT2D eigenvalue weighted by atomic mass is 10.0. The first-order valence-corrected chi connectivity index (χ1v) is 6.05. The third kappa shape index (κ3) is 3.23. The van der Waals surface area contributed by atoms with E-state index in [-0.39, 0.29) is 5.78 Å². The highest BCUT2D eigenvalue weighted by Crippen LogP contribution is 2.26. The highest BCUT2D eigenvalue weighted by atomic mass is 16.5. The normalized spacial score (nSPS) is 12.0. The molecular formula is C14H20O4. The number of rotatable bonds is 7. The lowest BCUT2D eigenvalue weighted by Crippen LogP contribution is -2.24. The van der Waals surface area contributed by atoms with Crippen molar-refractivity contribution in [2.75, 3.05) is 20.8 Å². The van der Waals surface area contributed by atoms with Crippen LogP contribution in [-0.4, -0.2) is 32.7 Å². The minimum Gasteiger partial charge on any atom is -0.497 e. The van der Waals surface area contributed by atoms with Gasteiger partial charge in [0.15, 0.2) is 5.78 Å². The van der Waals surface area contributed by atoms with Crippen LogP contribution in [0, 0.1) is 0 Å². The van der Waals surface area contributed by atoms with Crippen LogP contribution >= 0.6 is 0 Å². The SMILES string of the molecule is CCOC(CC)C(=O)c1cc(OC)ccc1OC. The van der Waals surface area contributed by atoms with Crippen molar-refractivity contribution in [3.05, 3.63) is 23.8 Å². The van der Waals surface area contributed by atoms with E-state index in [2.05, 4.69) is 0 Å². The van der Waals surface area contributed by atoms with Gasteiger partial charge in [-0.2, -0.15) is 0 Å². The highest BCUT2D eigenvalue weighted by molar-refractivity contribution is 6.02. The molecule has 0 amide bonds. The lowest BCUT2D eigenvalue weighted by molar-refractivity contribution is 0.0441. The molecule has 100 valence electrons. The van der Waals surface area contributed by atoms with Crippen molar-refractivity contribution in [3.8, 4) is 11.5 Å². The van der Waals surface area contributed by atoms with Gasteiger partial charge in [0.05, 0.1) is 19.8 Å². The van der Waals surface area contributed by atoms with Crippen molar-refractivity contribution in [3.63, 3.8) is 0 Å². The van der Waals surface area contributed by atoms with E-state index in [1.54, 1.807) is 32.4 Å². The monoisotopic (exact) mass is 252 g/mol. The summed E-state index contributed by atoms with van der Waals surface area (Å²) in [7, 11) is 3.11. The maximum atomic E-state index is 12.4. The molecule has 0 saturated heterocycles. The molecule has 0 bridgehead atoms. The molecule has 0 N–H and O–H groups in total. The van der Waals surface area contributed by atoms with Crippen LogP contribution in [0.15, 0.2) is 18.2 Å². The molecule has 1 rings (SSSR count). The fourth-order valence-electron chi connectivity index (χ4n) is 1.76. The second-order valence-corrected chi connectivity index (χ2v) is 3.78. The maximum Gasteiger partial charge on any atom is 0.195 e. The van der Waals surface area contributed by atoms with Crippen molar-refractivity contribution < 1.29 is 19.0 Å². The Kier molecular flexibility index (Phi) is 5.65. The quantitative estimate of drug-likeness (QED) is 0.700. The predicted octanol–water partition coefficient (Wildman–Crippen LogP) is 2.70. The van der Waals surface area contributed by atoms with E-state index in [1.807, 2.05) is 13.8 Å². The van der Waals surface area contributed by atoms with Crippen LogP contribution in [0.25, 0.3) is 0 Å². The molecule has 4 heteroatoms. The van der Waals surface area contributed by atoms with Crippen LogP contribution < -0.4 is 9.47 Å². The Hall–Kier alpha value is -1.55. The van der Waals surface area contributed by atoms with Gasteiger partial charge in [0, 0.05) is 6.61 Å². The van der Waals surface area contributed by atoms with Gasteiger partial charge >= 0.3 is 0 Å². The predicted molar refractivity (Wildman–Crippen MR) is 69.6 cm³/mol. The van der Waals surface area contributed by atoms with Gasteiger partial charge in [0.25, 0.3) is 0 Å². The zero-order chi connectivity index (χ0) is 13.5. The minimum absolute atomic E-state index is 0.0740. The summed E-state index contributed by atoms with van der Waals surface area (Å²) in [6, 6.07) is 5.17. The van der Waals surface area contributed by atoms with Gasteiger partial charge in [-0.25, -0.2) is 0 Å². The van der Waals surface area contributed by atoms with E-state index < -0.39 is 6.10 Å². The average Bonchev–Trinajstić information content (AvgIpc) is 2.43. The van der Waals surface area contributed by atoms with Gasteiger partial charge in [-0.1, -0.05) is 6.92 Å². The topological polar surface area (TPSA) is 44.8 Å². The van der Waals surface area contributed by atoms with Gasteiger partial charge < -0.3 is 14.2 Å². The number of hydrogen-bond acceptors (Lipinski definition) is 4. The molecule has 0 fully saturated rings. The zero-order valence-corrected chi connectivity index (χ0v) is 11.4. The molecule has 0 spiro atoms. The molecule has 0 aliphatic carbocycles. The molecule has 18 heavy (non-hydrogen) atoms. The fraction of sp³-hybridized carbons (Fsp3) is 0.500. The van der Waals surface area contributed by atoms with Crippen LogP contribution in [0.4, 0.5) is 0 Å². The van der Waals surface area contributed by atoms with Crippen LogP contribution in [0.1, 0.15) is 30.6 Å². The summed E-state index contributed by atoms with van der Waals surface area (Å²) in [5, 5.41) is 0. The standard InChI is InChI=1S/C14H20O4/c1-5-12(18-6-2)14(15)11-9-10(16-3)7-8-13(11)17-4/h7-9,12H,5-6H2,1-4H3. The Bertz CT molecular complexity index is 401. The maximum absolute atomic E-state index is 12.4. The first-order chi connectivity index (χ1) is 8.67. The Balaban J connectivity index is 3.08. The van der Waals surface area contributed by atoms with Gasteiger partial charge in [0.2, 0.25) is 0 Å². The molecule has 0 saturated carbocycles. The van der Waals surface area contributed by atoms with Gasteiger partial charge in [-0.15, -0.1) is 0 Å². The fourth-order valence-corrected chi connectivity index (χ4v) is 1.76. The smallest absolute Gasteiger partial charge is 0.195 e. The van der Waals surface area contributed by atoms with Crippen molar-refractivity contribution in [1.82, 2.24) is 0 Å². The van der Waals surface area contributed by atoms with E-state index in [1.165, 1.54) is 0 Å². The number of methoxy groups -OCH3 is 2. The number of benzene rings is 1. The van der Waals surface area contributed by atoms with E-state index in [9.17, 15) is 4.79 Å². The Labute approximate surface area is 108 Å². The van der Waals surface area contributed by atoms with E-state index in [0.717, 1.165) is 0 Å². The Morgan fingerprint density at radius 1 is 1.22 bits per heavy atom. The summed E-state index contributed by atoms with van der Waals surface area (Å²) >= 11 is 0. The van der Waals surface area contributed by atoms with Crippen molar-refractivity contribution in [1.29, 1.82) is 0 Å². The summed E-state index contributed by atoms with van der Waals surface area (Å²) in [6.07, 6.45) is 0.198. The lowest BCUT2D eigenvalue weighted by Gasteiger charge is -2.16. The Morgan fingerprint density at radius 2 is 1.94 bits per heavy atom. The second-order valence-electron chi connectivity index (χ2n) is 3.78. The van der Waals surface area contributed by atoms with E-state index in [0.29, 0.717) is 30.1 Å². The molecule has 1 unspecified atom stereocenters. The van der Waals surface area contributed by atoms with Crippen molar-refractivity contribution in [2.45, 2.75) is 26.4 Å². The van der Waals surface area contributed by atoms with E-state index in [4.69, 9.17) is 14.2 Å². The number of hydrogen-bond donors (Lipinski definition) is 0. The second kappa shape index (κ2) is 7.01. The van der Waals surface area contributed by atoms with Crippen LogP contribution in [0.3, 0.4) is 0 Å². The first kappa shape index (κ1) is 14.5. The first-order valence-electron chi connectivity index (χ1n) is 6.05. The summed E-state index contributed by atoms with van der Waals surface area (Å²) in [6.45, 7) is 4.31. The summed E-state index contributed by atoms with van der Waals surface area (Å²) in [5.74, 6) is 1.10. The summed E-state index contributed by atoms with van der Waals surface area (Å²) in [5.41, 5.74) is 0.497. The van der Waals surface area contributed by atoms with E-state index >= 15 is 0 Å². The van der Waals surface area contributed by atoms with Gasteiger partial charge in [0.1, 0.15) is 17.6 Å². The van der Waals surface area contributed by atoms with Crippen LogP contribution in [-0.2, 0) is 4.74 Å². The molecule has 4 nitrogen and oxygen atoms in total. The third-order valence-corrected chi connectivity index (χ3v) is 2.70. The number of Topliss-reactive ketones (excluding diaryl/α,β-unsaturated/α-hetero) is 1. The largest absolute Gasteiger partial charge is 0.497 e. The van der Waals surface area contributed by atoms with Crippen molar-refractivity contribution in [2.24, 2.45) is 0 Å². The minimum atomic E-state index is -0.434. The molecule has 0 aromatic heterocycles. The number of ketones is 1. The highest BCUT2D eigenvalue weighted by Gasteiger charge is 2.22. The zero-order valence-electron chi connectivity index (χ0n) is 11.4. The molecule has 0 radical (unpaired) electrons. The molecule has 0 aliphatic heterocycles. The average molecular weight is 252 g/mol. The molecule has 0 aliphatic rings. The molecule has 1 aromatic rings. The number of carbonyl (C=O) groups excluding carboxylic acids is 1. The van der Waals surface area contributed by atoms with Crippen molar-refractivity contribution >= 4 is 5.78 Å². The Morgan fingerprint density at radius 3 is 2.44 bits per heavy atom. The third-order valence-electron chi connectivity index (χ3n) is 2.70.